The first-order valence-corrected chi connectivity index (χ1v) is 7.61. The van der Waals surface area contributed by atoms with Gasteiger partial charge in [-0.05, 0) is 36.8 Å². The molecule has 1 aromatic heterocycles. The molecular weight excluding hydrogens is 262 g/mol. The normalized spacial score (nSPS) is 12.3. The number of para-hydroxylation sites is 1. The highest BCUT2D eigenvalue weighted by Crippen LogP contribution is 2.35. The first kappa shape index (κ1) is 15.7. The van der Waals surface area contributed by atoms with Crippen LogP contribution < -0.4 is 0 Å². The van der Waals surface area contributed by atoms with Crippen LogP contribution in [0.4, 0.5) is 0 Å². The van der Waals surface area contributed by atoms with E-state index >= 15 is 0 Å². The summed E-state index contributed by atoms with van der Waals surface area (Å²) < 4.78 is 1.75. The molecule has 1 aromatic carbocycles. The zero-order valence-corrected chi connectivity index (χ0v) is 13.3. The van der Waals surface area contributed by atoms with Gasteiger partial charge in [0.1, 0.15) is 5.60 Å². The van der Waals surface area contributed by atoms with Crippen LogP contribution in [-0.4, -0.2) is 20.1 Å². The molecule has 2 aromatic rings. The number of benzene rings is 1. The number of nitrogens with zero attached hydrogens (tertiary/aromatic N) is 3. The molecule has 2 rings (SSSR count). The first-order valence-electron chi connectivity index (χ1n) is 7.61. The van der Waals surface area contributed by atoms with Crippen LogP contribution in [0, 0.1) is 11.8 Å². The van der Waals surface area contributed by atoms with Gasteiger partial charge in [0.15, 0.2) is 0 Å². The van der Waals surface area contributed by atoms with Crippen LogP contribution >= 0.6 is 0 Å². The van der Waals surface area contributed by atoms with Crippen LogP contribution in [0.25, 0.3) is 5.69 Å². The van der Waals surface area contributed by atoms with Crippen molar-refractivity contribution in [2.24, 2.45) is 11.8 Å². The lowest BCUT2D eigenvalue weighted by molar-refractivity contribution is -0.0105. The minimum Gasteiger partial charge on any atom is -0.383 e. The maximum Gasteiger partial charge on any atom is 0.109 e. The number of aromatic nitrogens is 3. The molecule has 21 heavy (non-hydrogen) atoms. The van der Waals surface area contributed by atoms with Crippen molar-refractivity contribution in [3.8, 4) is 5.69 Å². The zero-order chi connectivity index (χ0) is 15.5. The summed E-state index contributed by atoms with van der Waals surface area (Å²) in [7, 11) is 0. The van der Waals surface area contributed by atoms with Gasteiger partial charge in [-0.15, -0.1) is 5.10 Å². The van der Waals surface area contributed by atoms with Gasteiger partial charge in [0, 0.05) is 0 Å². The molecule has 1 N–H and O–H groups in total. The van der Waals surface area contributed by atoms with E-state index in [9.17, 15) is 5.11 Å². The van der Waals surface area contributed by atoms with E-state index in [1.54, 1.807) is 10.9 Å². The molecule has 4 nitrogen and oxygen atoms in total. The Morgan fingerprint density at radius 1 is 1.05 bits per heavy atom. The van der Waals surface area contributed by atoms with Crippen molar-refractivity contribution in [2.45, 2.75) is 46.1 Å². The first-order chi connectivity index (χ1) is 9.92. The smallest absolute Gasteiger partial charge is 0.109 e. The minimum absolute atomic E-state index is 0.396. The Labute approximate surface area is 126 Å². The van der Waals surface area contributed by atoms with Gasteiger partial charge in [0.2, 0.25) is 0 Å². The highest BCUT2D eigenvalue weighted by molar-refractivity contribution is 5.33. The predicted molar refractivity (Wildman–Crippen MR) is 84.2 cm³/mol. The van der Waals surface area contributed by atoms with Crippen LogP contribution in [0.2, 0.25) is 0 Å². The summed E-state index contributed by atoms with van der Waals surface area (Å²) in [6.45, 7) is 8.51. The molecule has 0 aliphatic rings. The van der Waals surface area contributed by atoms with E-state index in [1.807, 2.05) is 30.3 Å². The quantitative estimate of drug-likeness (QED) is 0.884. The molecule has 0 fully saturated rings. The Morgan fingerprint density at radius 2 is 1.62 bits per heavy atom. The maximum absolute atomic E-state index is 11.3. The summed E-state index contributed by atoms with van der Waals surface area (Å²) in [6, 6.07) is 9.84. The summed E-state index contributed by atoms with van der Waals surface area (Å²) in [5, 5.41) is 19.5. The van der Waals surface area contributed by atoms with Gasteiger partial charge < -0.3 is 5.11 Å². The van der Waals surface area contributed by atoms with Crippen molar-refractivity contribution in [1.29, 1.82) is 0 Å². The third-order valence-corrected chi connectivity index (χ3v) is 3.52. The SMILES string of the molecule is CC(C)CC(O)(CC(C)C)c1cnnn1-c1ccccc1. The molecule has 0 aliphatic heterocycles. The van der Waals surface area contributed by atoms with Crippen LogP contribution in [-0.2, 0) is 5.60 Å². The summed E-state index contributed by atoms with van der Waals surface area (Å²) >= 11 is 0. The van der Waals surface area contributed by atoms with Crippen molar-refractivity contribution in [2.75, 3.05) is 0 Å². The molecule has 114 valence electrons. The fraction of sp³-hybridized carbons (Fsp3) is 0.529. The molecule has 0 aliphatic carbocycles. The molecule has 0 radical (unpaired) electrons. The highest BCUT2D eigenvalue weighted by Gasteiger charge is 2.35. The summed E-state index contributed by atoms with van der Waals surface area (Å²) in [6.07, 6.45) is 3.09. The fourth-order valence-corrected chi connectivity index (χ4v) is 2.96. The van der Waals surface area contributed by atoms with E-state index in [-0.39, 0.29) is 0 Å². The number of hydrogen-bond donors (Lipinski definition) is 1. The van der Waals surface area contributed by atoms with Crippen LogP contribution in [0.1, 0.15) is 46.2 Å². The molecule has 0 unspecified atom stereocenters. The summed E-state index contributed by atoms with van der Waals surface area (Å²) in [4.78, 5) is 0. The van der Waals surface area contributed by atoms with Crippen molar-refractivity contribution in [3.05, 3.63) is 42.2 Å². The topological polar surface area (TPSA) is 50.9 Å². The molecule has 0 saturated heterocycles. The molecule has 1 heterocycles. The second kappa shape index (κ2) is 6.39. The lowest BCUT2D eigenvalue weighted by Gasteiger charge is -2.31. The van der Waals surface area contributed by atoms with Crippen molar-refractivity contribution in [1.82, 2.24) is 15.0 Å². The van der Waals surface area contributed by atoms with Gasteiger partial charge >= 0.3 is 0 Å². The lowest BCUT2D eigenvalue weighted by Crippen LogP contribution is -2.32. The van der Waals surface area contributed by atoms with Gasteiger partial charge in [-0.25, -0.2) is 4.68 Å². The largest absolute Gasteiger partial charge is 0.383 e. The standard InChI is InChI=1S/C17H25N3O/c1-13(2)10-17(21,11-14(3)4)16-12-18-19-20(16)15-8-6-5-7-9-15/h5-9,12-14,21H,10-11H2,1-4H3. The minimum atomic E-state index is -0.901. The Morgan fingerprint density at radius 3 is 2.14 bits per heavy atom. The molecule has 0 spiro atoms. The highest BCUT2D eigenvalue weighted by atomic mass is 16.3. The Hall–Kier alpha value is -1.68. The van der Waals surface area contributed by atoms with Crippen molar-refractivity contribution >= 4 is 0 Å². The van der Waals surface area contributed by atoms with E-state index in [0.717, 1.165) is 11.4 Å². The molecule has 0 amide bonds. The van der Waals surface area contributed by atoms with E-state index < -0.39 is 5.60 Å². The Kier molecular flexibility index (Phi) is 4.78. The second-order valence-electron chi connectivity index (χ2n) is 6.59. The Bertz CT molecular complexity index is 550. The van der Waals surface area contributed by atoms with Gasteiger partial charge in [0.05, 0.1) is 17.6 Å². The average molecular weight is 287 g/mol. The monoisotopic (exact) mass is 287 g/mol. The summed E-state index contributed by atoms with van der Waals surface area (Å²) in [5.74, 6) is 0.792. The molecular formula is C17H25N3O. The number of hydrogen-bond acceptors (Lipinski definition) is 3. The second-order valence-corrected chi connectivity index (χ2v) is 6.59. The van der Waals surface area contributed by atoms with E-state index in [0.29, 0.717) is 24.7 Å². The third-order valence-electron chi connectivity index (χ3n) is 3.52. The van der Waals surface area contributed by atoms with Gasteiger partial charge in [-0.2, -0.15) is 0 Å². The number of aliphatic hydroxyl groups is 1. The third kappa shape index (κ3) is 3.70. The van der Waals surface area contributed by atoms with Gasteiger partial charge in [-0.1, -0.05) is 51.1 Å². The predicted octanol–water partition coefficient (Wildman–Crippen LogP) is 3.55. The van der Waals surface area contributed by atoms with Crippen molar-refractivity contribution < 1.29 is 5.11 Å². The van der Waals surface area contributed by atoms with E-state index in [2.05, 4.69) is 38.0 Å². The van der Waals surface area contributed by atoms with Gasteiger partial charge in [0.25, 0.3) is 0 Å². The van der Waals surface area contributed by atoms with Crippen LogP contribution in [0.3, 0.4) is 0 Å². The molecule has 4 heteroatoms. The maximum atomic E-state index is 11.3. The number of rotatable bonds is 6. The fourth-order valence-electron chi connectivity index (χ4n) is 2.96. The van der Waals surface area contributed by atoms with Crippen LogP contribution in [0.15, 0.2) is 36.5 Å². The lowest BCUT2D eigenvalue weighted by atomic mass is 9.82. The van der Waals surface area contributed by atoms with Gasteiger partial charge in [-0.3, -0.25) is 0 Å². The zero-order valence-electron chi connectivity index (χ0n) is 13.3. The Balaban J connectivity index is 2.44. The summed E-state index contributed by atoms with van der Waals surface area (Å²) in [5.41, 5.74) is 0.800. The van der Waals surface area contributed by atoms with E-state index in [4.69, 9.17) is 0 Å². The van der Waals surface area contributed by atoms with E-state index in [1.165, 1.54) is 0 Å². The van der Waals surface area contributed by atoms with Crippen molar-refractivity contribution in [3.63, 3.8) is 0 Å². The molecule has 0 atom stereocenters. The molecule has 0 saturated carbocycles. The van der Waals surface area contributed by atoms with Crippen LogP contribution in [0.5, 0.6) is 0 Å². The average Bonchev–Trinajstić information content (AvgIpc) is 2.87. The molecule has 0 bridgehead atoms.